The number of hydrogen-bond donors (Lipinski definition) is 1. The lowest BCUT2D eigenvalue weighted by atomic mass is 10.2. The smallest absolute Gasteiger partial charge is 0.267 e. The van der Waals surface area contributed by atoms with Gasteiger partial charge >= 0.3 is 0 Å². The average Bonchev–Trinajstić information content (AvgIpc) is 2.58. The van der Waals surface area contributed by atoms with Crippen LogP contribution in [0.3, 0.4) is 0 Å². The molecular formula is C11H10FIO4S. The van der Waals surface area contributed by atoms with E-state index in [-0.39, 0.29) is 12.2 Å². The molecule has 1 heterocycles. The molecule has 1 aromatic heterocycles. The molecular weight excluding hydrogens is 374 g/mol. The first kappa shape index (κ1) is 13.8. The number of fused-ring (bicyclic) bond motifs is 1. The van der Waals surface area contributed by atoms with Gasteiger partial charge in [0.15, 0.2) is 0 Å². The normalized spacial score (nSPS) is 14.0. The molecule has 0 aliphatic heterocycles. The highest BCUT2D eigenvalue weighted by molar-refractivity contribution is 14.1. The monoisotopic (exact) mass is 384 g/mol. The van der Waals surface area contributed by atoms with Crippen LogP contribution in [0, 0.1) is 9.39 Å². The highest BCUT2D eigenvalue weighted by Gasteiger charge is 2.20. The van der Waals surface area contributed by atoms with Crippen molar-refractivity contribution >= 4 is 43.7 Å². The van der Waals surface area contributed by atoms with E-state index in [0.29, 0.717) is 20.3 Å². The van der Waals surface area contributed by atoms with Crippen molar-refractivity contribution < 1.29 is 21.8 Å². The lowest BCUT2D eigenvalue weighted by Gasteiger charge is -2.04. The molecule has 2 rings (SSSR count). The Bertz CT molecular complexity index is 692. The number of hydrogen-bond acceptors (Lipinski definition) is 3. The number of rotatable bonds is 3. The minimum Gasteiger partial charge on any atom is -0.460 e. The Kier molecular flexibility index (Phi) is 3.65. The van der Waals surface area contributed by atoms with Crippen molar-refractivity contribution in [2.45, 2.75) is 18.6 Å². The van der Waals surface area contributed by atoms with Gasteiger partial charge in [-0.3, -0.25) is 4.55 Å². The molecule has 0 aliphatic carbocycles. The zero-order valence-corrected chi connectivity index (χ0v) is 12.3. The molecule has 1 aromatic carbocycles. The Hall–Kier alpha value is -0.670. The van der Waals surface area contributed by atoms with Crippen molar-refractivity contribution in [2.75, 3.05) is 0 Å². The third kappa shape index (κ3) is 2.83. The highest BCUT2D eigenvalue weighted by Crippen LogP contribution is 2.26. The van der Waals surface area contributed by atoms with Crippen LogP contribution in [0.2, 0.25) is 0 Å². The van der Waals surface area contributed by atoms with Gasteiger partial charge in [-0.25, -0.2) is 4.39 Å². The van der Waals surface area contributed by atoms with E-state index in [2.05, 4.69) is 0 Å². The summed E-state index contributed by atoms with van der Waals surface area (Å²) in [5, 5.41) is -0.377. The molecule has 0 radical (unpaired) electrons. The third-order valence-corrected chi connectivity index (χ3v) is 4.57. The van der Waals surface area contributed by atoms with Crippen molar-refractivity contribution in [3.8, 4) is 0 Å². The summed E-state index contributed by atoms with van der Waals surface area (Å²) in [5.41, 5.74) is 0.523. The maximum Gasteiger partial charge on any atom is 0.267 e. The standard InChI is InChI=1S/C11H10FIO4S/c1-6(18(14,15)16)2-9-4-7-3-8(12)5-10(13)11(7)17-9/h3-6H,2H2,1H3,(H,14,15,16). The summed E-state index contributed by atoms with van der Waals surface area (Å²) >= 11 is 1.95. The van der Waals surface area contributed by atoms with E-state index in [4.69, 9.17) is 8.97 Å². The van der Waals surface area contributed by atoms with Gasteiger partial charge in [0.05, 0.1) is 8.82 Å². The average molecular weight is 384 g/mol. The van der Waals surface area contributed by atoms with Gasteiger partial charge < -0.3 is 4.42 Å². The van der Waals surface area contributed by atoms with Crippen LogP contribution in [-0.4, -0.2) is 18.2 Å². The second kappa shape index (κ2) is 4.78. The second-order valence-corrected chi connectivity index (χ2v) is 7.05. The van der Waals surface area contributed by atoms with Gasteiger partial charge in [0.25, 0.3) is 10.1 Å². The highest BCUT2D eigenvalue weighted by atomic mass is 127. The molecule has 18 heavy (non-hydrogen) atoms. The fourth-order valence-corrected chi connectivity index (χ4v) is 2.71. The van der Waals surface area contributed by atoms with E-state index in [1.165, 1.54) is 19.1 Å². The van der Waals surface area contributed by atoms with Crippen molar-refractivity contribution in [1.29, 1.82) is 0 Å². The molecule has 1 atom stereocenters. The predicted molar refractivity (Wildman–Crippen MR) is 73.6 cm³/mol. The van der Waals surface area contributed by atoms with Gasteiger partial charge in [0.2, 0.25) is 0 Å². The van der Waals surface area contributed by atoms with Crippen LogP contribution in [-0.2, 0) is 16.5 Å². The molecule has 0 saturated heterocycles. The number of benzene rings is 1. The van der Waals surface area contributed by atoms with Crippen LogP contribution in [0.1, 0.15) is 12.7 Å². The van der Waals surface area contributed by atoms with Gasteiger partial charge in [-0.1, -0.05) is 0 Å². The molecule has 98 valence electrons. The third-order valence-electron chi connectivity index (χ3n) is 2.58. The van der Waals surface area contributed by atoms with Crippen molar-refractivity contribution in [1.82, 2.24) is 0 Å². The Morgan fingerprint density at radius 2 is 2.11 bits per heavy atom. The van der Waals surface area contributed by atoms with E-state index in [0.717, 1.165) is 0 Å². The maximum atomic E-state index is 13.2. The van der Waals surface area contributed by atoms with Gasteiger partial charge in [-0.2, -0.15) is 8.42 Å². The maximum absolute atomic E-state index is 13.2. The fourth-order valence-electron chi connectivity index (χ4n) is 1.62. The first-order valence-corrected chi connectivity index (χ1v) is 7.69. The molecule has 0 amide bonds. The van der Waals surface area contributed by atoms with Gasteiger partial charge in [-0.15, -0.1) is 0 Å². The minimum atomic E-state index is -4.09. The Morgan fingerprint density at radius 1 is 1.44 bits per heavy atom. The first-order valence-electron chi connectivity index (χ1n) is 5.11. The lowest BCUT2D eigenvalue weighted by Crippen LogP contribution is -2.18. The lowest BCUT2D eigenvalue weighted by molar-refractivity contribution is 0.461. The molecule has 0 bridgehead atoms. The number of halogens is 2. The molecule has 1 N–H and O–H groups in total. The van der Waals surface area contributed by atoms with Gasteiger partial charge in [-0.05, 0) is 47.7 Å². The molecule has 0 aliphatic rings. The van der Waals surface area contributed by atoms with E-state index in [1.807, 2.05) is 22.6 Å². The van der Waals surface area contributed by atoms with Gasteiger partial charge in [0.1, 0.15) is 17.2 Å². The summed E-state index contributed by atoms with van der Waals surface area (Å²) in [4.78, 5) is 0. The molecule has 0 saturated carbocycles. The van der Waals surface area contributed by atoms with E-state index < -0.39 is 15.4 Å². The first-order chi connectivity index (χ1) is 8.27. The minimum absolute atomic E-state index is 0.0468. The summed E-state index contributed by atoms with van der Waals surface area (Å²) in [7, 11) is -4.09. The largest absolute Gasteiger partial charge is 0.460 e. The summed E-state index contributed by atoms with van der Waals surface area (Å²) < 4.78 is 50.0. The SMILES string of the molecule is CC(Cc1cc2cc(F)cc(I)c2o1)S(=O)(=O)O. The van der Waals surface area contributed by atoms with Crippen LogP contribution in [0.4, 0.5) is 4.39 Å². The Labute approximate surface area is 117 Å². The summed E-state index contributed by atoms with van der Waals surface area (Å²) in [6.45, 7) is 1.38. The Balaban J connectivity index is 2.40. The fraction of sp³-hybridized carbons (Fsp3) is 0.273. The molecule has 0 spiro atoms. The quantitative estimate of drug-likeness (QED) is 0.653. The van der Waals surface area contributed by atoms with Crippen LogP contribution in [0.25, 0.3) is 11.0 Å². The zero-order valence-electron chi connectivity index (χ0n) is 9.35. The molecule has 4 nitrogen and oxygen atoms in total. The van der Waals surface area contributed by atoms with Crippen LogP contribution < -0.4 is 0 Å². The molecule has 1 unspecified atom stereocenters. The second-order valence-electron chi connectivity index (χ2n) is 4.05. The van der Waals surface area contributed by atoms with Crippen LogP contribution in [0.5, 0.6) is 0 Å². The zero-order chi connectivity index (χ0) is 13.5. The predicted octanol–water partition coefficient (Wildman–Crippen LogP) is 3.00. The summed E-state index contributed by atoms with van der Waals surface area (Å²) in [5.74, 6) is 0.0284. The summed E-state index contributed by atoms with van der Waals surface area (Å²) in [6.07, 6.45) is 0.0468. The molecule has 0 fully saturated rings. The van der Waals surface area contributed by atoms with Crippen molar-refractivity contribution in [3.05, 3.63) is 33.3 Å². The van der Waals surface area contributed by atoms with E-state index in [1.54, 1.807) is 6.07 Å². The topological polar surface area (TPSA) is 67.5 Å². The van der Waals surface area contributed by atoms with Crippen LogP contribution in [0.15, 0.2) is 22.6 Å². The van der Waals surface area contributed by atoms with Crippen molar-refractivity contribution in [2.24, 2.45) is 0 Å². The van der Waals surface area contributed by atoms with Crippen molar-refractivity contribution in [3.63, 3.8) is 0 Å². The summed E-state index contributed by atoms with van der Waals surface area (Å²) in [6, 6.07) is 4.24. The van der Waals surface area contributed by atoms with E-state index in [9.17, 15) is 12.8 Å². The van der Waals surface area contributed by atoms with Gasteiger partial charge in [0, 0.05) is 11.8 Å². The van der Waals surface area contributed by atoms with E-state index >= 15 is 0 Å². The Morgan fingerprint density at radius 3 is 2.72 bits per heavy atom. The molecule has 7 heteroatoms. The van der Waals surface area contributed by atoms with Crippen LogP contribution >= 0.6 is 22.6 Å². The number of furan rings is 1. The molecule has 2 aromatic rings.